The number of amides is 1. The normalized spacial score (nSPS) is 19.9. The summed E-state index contributed by atoms with van der Waals surface area (Å²) in [7, 11) is 0. The number of fused-ring (bicyclic) bond motifs is 3. The van der Waals surface area contributed by atoms with Gasteiger partial charge in [-0.2, -0.15) is 0 Å². The van der Waals surface area contributed by atoms with Gasteiger partial charge in [0.2, 0.25) is 5.91 Å². The van der Waals surface area contributed by atoms with Crippen LogP contribution in [0.3, 0.4) is 0 Å². The first kappa shape index (κ1) is 13.0. The molecule has 0 radical (unpaired) electrons. The fourth-order valence-electron chi connectivity index (χ4n) is 2.95. The molecular weight excluding hydrogens is 284 g/mol. The summed E-state index contributed by atoms with van der Waals surface area (Å²) < 4.78 is 5.27. The smallest absolute Gasteiger partial charge is 0.231 e. The van der Waals surface area contributed by atoms with Crippen LogP contribution >= 0.6 is 11.3 Å². The number of ether oxygens (including phenoxy) is 1. The van der Waals surface area contributed by atoms with Crippen molar-refractivity contribution in [1.82, 2.24) is 4.98 Å². The molecular formula is C16H16N2O2S. The molecule has 1 unspecified atom stereocenters. The summed E-state index contributed by atoms with van der Waals surface area (Å²) in [5.74, 6) is 0.00472. The summed E-state index contributed by atoms with van der Waals surface area (Å²) in [5.41, 5.74) is 3.74. The van der Waals surface area contributed by atoms with E-state index in [0.29, 0.717) is 18.3 Å². The minimum absolute atomic E-state index is 0.0294. The van der Waals surface area contributed by atoms with E-state index in [0.717, 1.165) is 25.0 Å². The number of carbonyl (C=O) groups excluding carboxylic acids is 1. The third kappa shape index (κ3) is 2.36. The molecule has 2 aromatic rings. The maximum Gasteiger partial charge on any atom is 0.231 e. The van der Waals surface area contributed by atoms with Crippen molar-refractivity contribution in [3.63, 3.8) is 0 Å². The van der Waals surface area contributed by atoms with Gasteiger partial charge in [0.25, 0.3) is 0 Å². The Morgan fingerprint density at radius 2 is 2.24 bits per heavy atom. The Morgan fingerprint density at radius 3 is 3.10 bits per heavy atom. The van der Waals surface area contributed by atoms with Crippen molar-refractivity contribution in [2.75, 3.05) is 18.5 Å². The van der Waals surface area contributed by atoms with Crippen LogP contribution in [0.15, 0.2) is 24.3 Å². The van der Waals surface area contributed by atoms with Gasteiger partial charge in [0.15, 0.2) is 5.13 Å². The van der Waals surface area contributed by atoms with E-state index in [2.05, 4.69) is 34.6 Å². The fourth-order valence-corrected chi connectivity index (χ4v) is 4.02. The number of hydrogen-bond acceptors (Lipinski definition) is 4. The second-order valence-electron chi connectivity index (χ2n) is 5.50. The van der Waals surface area contributed by atoms with Crippen LogP contribution in [0.2, 0.25) is 0 Å². The minimum Gasteiger partial charge on any atom is -0.381 e. The lowest BCUT2D eigenvalue weighted by Crippen LogP contribution is -2.22. The lowest BCUT2D eigenvalue weighted by Gasteiger charge is -2.13. The van der Waals surface area contributed by atoms with E-state index in [9.17, 15) is 4.79 Å². The first-order chi connectivity index (χ1) is 10.3. The van der Waals surface area contributed by atoms with Crippen molar-refractivity contribution >= 4 is 22.4 Å². The van der Waals surface area contributed by atoms with E-state index in [4.69, 9.17) is 4.74 Å². The van der Waals surface area contributed by atoms with E-state index >= 15 is 0 Å². The standard InChI is InChI=1S/C16H16N2O2S/c19-15(11-7-8-20-9-11)18-16-17-13-6-5-10-3-1-2-4-12(10)14(13)21-16/h1-4,11H,5-9H2,(H,17,18,19). The third-order valence-electron chi connectivity index (χ3n) is 4.12. The van der Waals surface area contributed by atoms with Crippen LogP contribution in [0.25, 0.3) is 10.4 Å². The molecule has 5 heteroatoms. The molecule has 21 heavy (non-hydrogen) atoms. The maximum atomic E-state index is 12.1. The molecule has 2 heterocycles. The van der Waals surface area contributed by atoms with Crippen molar-refractivity contribution in [3.05, 3.63) is 35.5 Å². The number of aryl methyl sites for hydroxylation is 2. The zero-order valence-corrected chi connectivity index (χ0v) is 12.4. The molecule has 4 nitrogen and oxygen atoms in total. The van der Waals surface area contributed by atoms with Gasteiger partial charge in [0.05, 0.1) is 23.1 Å². The van der Waals surface area contributed by atoms with Gasteiger partial charge in [-0.15, -0.1) is 0 Å². The highest BCUT2D eigenvalue weighted by Gasteiger charge is 2.26. The lowest BCUT2D eigenvalue weighted by atomic mass is 9.94. The van der Waals surface area contributed by atoms with Crippen molar-refractivity contribution in [1.29, 1.82) is 0 Å². The van der Waals surface area contributed by atoms with E-state index < -0.39 is 0 Å². The molecule has 1 saturated heterocycles. The van der Waals surface area contributed by atoms with Gasteiger partial charge >= 0.3 is 0 Å². The van der Waals surface area contributed by atoms with Crippen molar-refractivity contribution in [2.45, 2.75) is 19.3 Å². The molecule has 1 N–H and O–H groups in total. The summed E-state index contributed by atoms with van der Waals surface area (Å²) in [5, 5.41) is 3.68. The summed E-state index contributed by atoms with van der Waals surface area (Å²) in [6.45, 7) is 1.21. The predicted octanol–water partition coefficient (Wildman–Crippen LogP) is 2.88. The highest BCUT2D eigenvalue weighted by molar-refractivity contribution is 7.19. The molecule has 2 aliphatic rings. The van der Waals surface area contributed by atoms with E-state index in [1.807, 2.05) is 0 Å². The lowest BCUT2D eigenvalue weighted by molar-refractivity contribution is -0.119. The number of aromatic nitrogens is 1. The van der Waals surface area contributed by atoms with E-state index in [-0.39, 0.29) is 11.8 Å². The summed E-state index contributed by atoms with van der Waals surface area (Å²) in [6.07, 6.45) is 2.78. The quantitative estimate of drug-likeness (QED) is 0.928. The van der Waals surface area contributed by atoms with Gasteiger partial charge in [-0.3, -0.25) is 4.79 Å². The molecule has 1 aliphatic carbocycles. The Hall–Kier alpha value is -1.72. The molecule has 0 spiro atoms. The molecule has 1 aromatic carbocycles. The second-order valence-corrected chi connectivity index (χ2v) is 6.50. The van der Waals surface area contributed by atoms with Crippen molar-refractivity contribution in [3.8, 4) is 10.4 Å². The zero-order chi connectivity index (χ0) is 14.2. The molecule has 1 fully saturated rings. The summed E-state index contributed by atoms with van der Waals surface area (Å²) >= 11 is 1.58. The van der Waals surface area contributed by atoms with Gasteiger partial charge in [-0.05, 0) is 30.4 Å². The van der Waals surface area contributed by atoms with Crippen LogP contribution < -0.4 is 5.32 Å². The minimum atomic E-state index is -0.0294. The Morgan fingerprint density at radius 1 is 1.33 bits per heavy atom. The Balaban J connectivity index is 1.60. The van der Waals surface area contributed by atoms with Crippen molar-refractivity contribution < 1.29 is 9.53 Å². The van der Waals surface area contributed by atoms with Gasteiger partial charge in [-0.1, -0.05) is 35.6 Å². The average Bonchev–Trinajstić information content (AvgIpc) is 3.16. The van der Waals surface area contributed by atoms with Crippen LogP contribution in [0.5, 0.6) is 0 Å². The van der Waals surface area contributed by atoms with Crippen LogP contribution in [-0.2, 0) is 22.4 Å². The molecule has 1 aliphatic heterocycles. The number of rotatable bonds is 2. The van der Waals surface area contributed by atoms with Gasteiger partial charge in [0, 0.05) is 6.61 Å². The SMILES string of the molecule is O=C(Nc1nc2c(s1)-c1ccccc1CC2)C1CCOC1. The molecule has 1 atom stereocenters. The number of carbonyl (C=O) groups is 1. The van der Waals surface area contributed by atoms with Crippen LogP contribution in [0.4, 0.5) is 5.13 Å². The monoisotopic (exact) mass is 300 g/mol. The van der Waals surface area contributed by atoms with E-state index in [1.54, 1.807) is 11.3 Å². The highest BCUT2D eigenvalue weighted by Crippen LogP contribution is 2.39. The largest absolute Gasteiger partial charge is 0.381 e. The molecule has 1 amide bonds. The van der Waals surface area contributed by atoms with Gasteiger partial charge < -0.3 is 10.1 Å². The Labute approximate surface area is 127 Å². The van der Waals surface area contributed by atoms with E-state index in [1.165, 1.54) is 16.0 Å². The predicted molar refractivity (Wildman–Crippen MR) is 82.5 cm³/mol. The number of anilines is 1. The third-order valence-corrected chi connectivity index (χ3v) is 5.17. The number of benzene rings is 1. The highest BCUT2D eigenvalue weighted by atomic mass is 32.1. The van der Waals surface area contributed by atoms with Gasteiger partial charge in [0.1, 0.15) is 0 Å². The number of nitrogens with one attached hydrogen (secondary N) is 1. The Kier molecular flexibility index (Phi) is 3.24. The molecule has 4 rings (SSSR count). The molecule has 0 bridgehead atoms. The second kappa shape index (κ2) is 5.24. The Bertz CT molecular complexity index is 689. The molecule has 108 valence electrons. The van der Waals surface area contributed by atoms with Crippen molar-refractivity contribution in [2.24, 2.45) is 5.92 Å². The number of thiazole rings is 1. The van der Waals surface area contributed by atoms with Crippen LogP contribution in [0.1, 0.15) is 17.7 Å². The first-order valence-corrected chi connectivity index (χ1v) is 8.09. The molecule has 1 aromatic heterocycles. The topological polar surface area (TPSA) is 51.2 Å². The summed E-state index contributed by atoms with van der Waals surface area (Å²) in [6, 6.07) is 8.45. The van der Waals surface area contributed by atoms with Gasteiger partial charge in [-0.25, -0.2) is 4.98 Å². The van der Waals surface area contributed by atoms with Crippen LogP contribution in [-0.4, -0.2) is 24.1 Å². The maximum absolute atomic E-state index is 12.1. The van der Waals surface area contributed by atoms with Crippen LogP contribution in [0, 0.1) is 5.92 Å². The molecule has 0 saturated carbocycles. The fraction of sp³-hybridized carbons (Fsp3) is 0.375. The average molecular weight is 300 g/mol. The number of nitrogens with zero attached hydrogens (tertiary/aromatic N) is 1. The number of hydrogen-bond donors (Lipinski definition) is 1. The summed E-state index contributed by atoms with van der Waals surface area (Å²) in [4.78, 5) is 18.0. The first-order valence-electron chi connectivity index (χ1n) is 7.28. The zero-order valence-electron chi connectivity index (χ0n) is 11.6.